The number of hydrogen-bond acceptors (Lipinski definition) is 4. The molecule has 0 spiro atoms. The maximum atomic E-state index is 5.22. The summed E-state index contributed by atoms with van der Waals surface area (Å²) in [5.74, 6) is 2.44. The van der Waals surface area contributed by atoms with Gasteiger partial charge in [-0.25, -0.2) is 9.98 Å². The Balaban J connectivity index is 1.98. The van der Waals surface area contributed by atoms with Crippen molar-refractivity contribution in [1.29, 1.82) is 0 Å². The molecule has 7 heteroatoms. The van der Waals surface area contributed by atoms with Crippen LogP contribution in [0.4, 0.5) is 0 Å². The molecule has 7 nitrogen and oxygen atoms in total. The van der Waals surface area contributed by atoms with E-state index in [-0.39, 0.29) is 0 Å². The second-order valence-electron chi connectivity index (χ2n) is 4.70. The average Bonchev–Trinajstić information content (AvgIpc) is 2.95. The predicted molar refractivity (Wildman–Crippen MR) is 85.7 cm³/mol. The van der Waals surface area contributed by atoms with Gasteiger partial charge in [-0.3, -0.25) is 4.68 Å². The van der Waals surface area contributed by atoms with E-state index >= 15 is 0 Å². The second kappa shape index (κ2) is 8.02. The summed E-state index contributed by atoms with van der Waals surface area (Å²) in [6, 6.07) is 7.89. The van der Waals surface area contributed by atoms with Crippen molar-refractivity contribution < 1.29 is 4.74 Å². The van der Waals surface area contributed by atoms with Gasteiger partial charge in [-0.2, -0.15) is 5.10 Å². The monoisotopic (exact) mass is 302 g/mol. The fourth-order valence-electron chi connectivity index (χ4n) is 1.93. The van der Waals surface area contributed by atoms with Crippen molar-refractivity contribution in [2.75, 3.05) is 13.7 Å². The lowest BCUT2D eigenvalue weighted by molar-refractivity contribution is 0.414. The van der Waals surface area contributed by atoms with Gasteiger partial charge in [-0.05, 0) is 24.6 Å². The number of methoxy groups -OCH3 is 1. The number of guanidine groups is 1. The number of aryl methyl sites for hydroxylation is 1. The molecule has 0 bridgehead atoms. The van der Waals surface area contributed by atoms with Crippen LogP contribution in [0, 0.1) is 0 Å². The summed E-state index contributed by atoms with van der Waals surface area (Å²) >= 11 is 0. The molecule has 2 N–H and O–H groups in total. The smallest absolute Gasteiger partial charge is 0.191 e. The van der Waals surface area contributed by atoms with Gasteiger partial charge < -0.3 is 15.4 Å². The third-order valence-electron chi connectivity index (χ3n) is 3.12. The summed E-state index contributed by atoms with van der Waals surface area (Å²) in [4.78, 5) is 8.75. The Kier molecular flexibility index (Phi) is 5.76. The van der Waals surface area contributed by atoms with Gasteiger partial charge in [0.2, 0.25) is 0 Å². The molecule has 0 saturated heterocycles. The van der Waals surface area contributed by atoms with Crippen molar-refractivity contribution in [3.8, 4) is 5.75 Å². The molecule has 0 saturated carbocycles. The Morgan fingerprint density at radius 3 is 2.91 bits per heavy atom. The normalized spacial score (nSPS) is 11.3. The summed E-state index contributed by atoms with van der Waals surface area (Å²) in [6.07, 6.45) is 1.54. The van der Waals surface area contributed by atoms with Gasteiger partial charge in [-0.15, -0.1) is 0 Å². The van der Waals surface area contributed by atoms with Crippen LogP contribution in [0.3, 0.4) is 0 Å². The molecule has 2 aromatic rings. The number of hydrogen-bond donors (Lipinski definition) is 2. The first-order valence-corrected chi connectivity index (χ1v) is 7.21. The summed E-state index contributed by atoms with van der Waals surface area (Å²) in [6.45, 7) is 3.97. The Morgan fingerprint density at radius 2 is 2.23 bits per heavy atom. The molecule has 0 atom stereocenters. The number of nitrogens with one attached hydrogen (secondary N) is 2. The molecule has 0 radical (unpaired) electrons. The molecule has 0 aliphatic heterocycles. The first-order valence-electron chi connectivity index (χ1n) is 7.21. The van der Waals surface area contributed by atoms with E-state index in [1.807, 2.05) is 38.2 Å². The van der Waals surface area contributed by atoms with E-state index in [1.54, 1.807) is 11.8 Å². The Bertz CT molecular complexity index is 622. The minimum absolute atomic E-state index is 0.570. The molecular formula is C15H22N6O. The quantitative estimate of drug-likeness (QED) is 0.617. The number of nitrogens with zero attached hydrogens (tertiary/aromatic N) is 4. The Morgan fingerprint density at radius 1 is 1.36 bits per heavy atom. The van der Waals surface area contributed by atoms with E-state index in [0.29, 0.717) is 13.1 Å². The van der Waals surface area contributed by atoms with Crippen molar-refractivity contribution in [1.82, 2.24) is 25.4 Å². The van der Waals surface area contributed by atoms with Gasteiger partial charge >= 0.3 is 0 Å². The van der Waals surface area contributed by atoms with Gasteiger partial charge in [0.25, 0.3) is 0 Å². The van der Waals surface area contributed by atoms with E-state index in [9.17, 15) is 0 Å². The molecule has 118 valence electrons. The highest BCUT2D eigenvalue weighted by Crippen LogP contribution is 2.13. The van der Waals surface area contributed by atoms with Crippen LogP contribution in [-0.4, -0.2) is 34.4 Å². The van der Waals surface area contributed by atoms with Crippen molar-refractivity contribution in [2.45, 2.75) is 20.0 Å². The van der Waals surface area contributed by atoms with Crippen LogP contribution < -0.4 is 15.4 Å². The highest BCUT2D eigenvalue weighted by Gasteiger charge is 2.03. The number of rotatable bonds is 6. The first-order chi connectivity index (χ1) is 10.7. The fourth-order valence-corrected chi connectivity index (χ4v) is 1.93. The minimum Gasteiger partial charge on any atom is -0.497 e. The van der Waals surface area contributed by atoms with Crippen LogP contribution in [0.15, 0.2) is 35.6 Å². The molecule has 2 rings (SSSR count). The maximum absolute atomic E-state index is 5.22. The average molecular weight is 302 g/mol. The molecule has 1 heterocycles. The van der Waals surface area contributed by atoms with Crippen LogP contribution >= 0.6 is 0 Å². The van der Waals surface area contributed by atoms with Crippen LogP contribution in [0.25, 0.3) is 0 Å². The zero-order valence-electron chi connectivity index (χ0n) is 13.2. The molecule has 22 heavy (non-hydrogen) atoms. The molecule has 0 aliphatic carbocycles. The lowest BCUT2D eigenvalue weighted by Crippen LogP contribution is -2.37. The lowest BCUT2D eigenvalue weighted by atomic mass is 10.2. The van der Waals surface area contributed by atoms with E-state index in [4.69, 9.17) is 4.74 Å². The predicted octanol–water partition coefficient (Wildman–Crippen LogP) is 1.08. The lowest BCUT2D eigenvalue weighted by Gasteiger charge is -2.11. The fraction of sp³-hybridized carbons (Fsp3) is 0.400. The first kappa shape index (κ1) is 15.8. The van der Waals surface area contributed by atoms with Crippen LogP contribution in [0.2, 0.25) is 0 Å². The standard InChI is InChI=1S/C15H22N6O/c1-4-16-15(18-10-14-19-11-20-21(14)2)17-9-12-6-5-7-13(8-12)22-3/h5-8,11H,4,9-10H2,1-3H3,(H2,16,17,18). The molecule has 1 aromatic carbocycles. The Labute approximate surface area is 130 Å². The summed E-state index contributed by atoms with van der Waals surface area (Å²) in [5.41, 5.74) is 1.09. The molecular weight excluding hydrogens is 280 g/mol. The van der Waals surface area contributed by atoms with Crippen LogP contribution in [0.1, 0.15) is 18.3 Å². The van der Waals surface area contributed by atoms with Crippen molar-refractivity contribution in [3.05, 3.63) is 42.0 Å². The van der Waals surface area contributed by atoms with Gasteiger partial charge in [0.05, 0.1) is 20.2 Å². The number of benzene rings is 1. The van der Waals surface area contributed by atoms with Crippen LogP contribution in [0.5, 0.6) is 5.75 Å². The van der Waals surface area contributed by atoms with Crippen molar-refractivity contribution in [3.63, 3.8) is 0 Å². The third kappa shape index (κ3) is 4.47. The highest BCUT2D eigenvalue weighted by atomic mass is 16.5. The van der Waals surface area contributed by atoms with Gasteiger partial charge in [0.15, 0.2) is 5.96 Å². The third-order valence-corrected chi connectivity index (χ3v) is 3.12. The summed E-state index contributed by atoms with van der Waals surface area (Å²) < 4.78 is 6.96. The highest BCUT2D eigenvalue weighted by molar-refractivity contribution is 5.79. The largest absolute Gasteiger partial charge is 0.497 e. The van der Waals surface area contributed by atoms with E-state index in [0.717, 1.165) is 29.6 Å². The number of aromatic nitrogens is 3. The summed E-state index contributed by atoms with van der Waals surface area (Å²) in [7, 11) is 3.53. The van der Waals surface area contributed by atoms with Crippen molar-refractivity contribution in [2.24, 2.45) is 12.0 Å². The molecule has 0 amide bonds. The van der Waals surface area contributed by atoms with E-state index in [2.05, 4.69) is 25.7 Å². The summed E-state index contributed by atoms with van der Waals surface area (Å²) in [5, 5.41) is 10.5. The van der Waals surface area contributed by atoms with Gasteiger partial charge in [-0.1, -0.05) is 12.1 Å². The topological polar surface area (TPSA) is 76.4 Å². The van der Waals surface area contributed by atoms with Crippen molar-refractivity contribution >= 4 is 5.96 Å². The number of aliphatic imine (C=N–C) groups is 1. The molecule has 1 aromatic heterocycles. The van der Waals surface area contributed by atoms with Gasteiger partial charge in [0, 0.05) is 13.6 Å². The molecule has 0 unspecified atom stereocenters. The number of ether oxygens (including phenoxy) is 1. The zero-order valence-corrected chi connectivity index (χ0v) is 13.2. The Hall–Kier alpha value is -2.57. The van der Waals surface area contributed by atoms with Gasteiger partial charge in [0.1, 0.15) is 17.9 Å². The van der Waals surface area contributed by atoms with Crippen LogP contribution in [-0.2, 0) is 20.1 Å². The zero-order chi connectivity index (χ0) is 15.8. The SMILES string of the molecule is CCNC(=NCc1cccc(OC)c1)NCc1ncnn1C. The molecule has 0 aliphatic rings. The maximum Gasteiger partial charge on any atom is 0.191 e. The van der Waals surface area contributed by atoms with E-state index in [1.165, 1.54) is 6.33 Å². The molecule has 0 fully saturated rings. The second-order valence-corrected chi connectivity index (χ2v) is 4.70. The van der Waals surface area contributed by atoms with E-state index < -0.39 is 0 Å². The minimum atomic E-state index is 0.570.